The highest BCUT2D eigenvalue weighted by Crippen LogP contribution is 2.25. The Morgan fingerprint density at radius 2 is 1.89 bits per heavy atom. The van der Waals surface area contributed by atoms with Crippen LogP contribution in [0.15, 0.2) is 48.5 Å². The molecule has 0 aliphatic carbocycles. The summed E-state index contributed by atoms with van der Waals surface area (Å²) in [5, 5.41) is 3.41. The normalized spacial score (nSPS) is 17.0. The molecule has 1 heterocycles. The molecule has 2 aromatic carbocycles. The first-order chi connectivity index (χ1) is 13.5. The van der Waals surface area contributed by atoms with Gasteiger partial charge in [-0.2, -0.15) is 0 Å². The van der Waals surface area contributed by atoms with Gasteiger partial charge >= 0.3 is 0 Å². The Morgan fingerprint density at radius 3 is 2.57 bits per heavy atom. The average molecular weight is 407 g/mol. The second kappa shape index (κ2) is 9.87. The van der Waals surface area contributed by atoms with Crippen molar-refractivity contribution in [3.8, 4) is 5.75 Å². The van der Waals surface area contributed by atoms with Crippen molar-refractivity contribution >= 4 is 17.5 Å². The molecule has 0 bridgehead atoms. The monoisotopic (exact) mass is 406 g/mol. The fraction of sp³-hybridized carbons (Fsp3) is 0.381. The van der Waals surface area contributed by atoms with Gasteiger partial charge in [-0.05, 0) is 36.8 Å². The molecule has 1 N–H and O–H groups in total. The van der Waals surface area contributed by atoms with Gasteiger partial charge < -0.3 is 14.8 Å². The number of carbonyl (C=O) groups excluding carboxylic acids is 1. The number of rotatable bonds is 7. The van der Waals surface area contributed by atoms with Gasteiger partial charge in [0.2, 0.25) is 0 Å². The number of ether oxygens (including phenoxy) is 2. The van der Waals surface area contributed by atoms with Crippen LogP contribution in [0.25, 0.3) is 0 Å². The third kappa shape index (κ3) is 5.44. The van der Waals surface area contributed by atoms with E-state index in [9.17, 15) is 9.18 Å². The van der Waals surface area contributed by atoms with Crippen LogP contribution in [-0.2, 0) is 9.53 Å². The topological polar surface area (TPSA) is 50.8 Å². The maximum absolute atomic E-state index is 13.3. The summed E-state index contributed by atoms with van der Waals surface area (Å²) < 4.78 is 24.4. The van der Waals surface area contributed by atoms with Crippen LogP contribution in [0.2, 0.25) is 5.02 Å². The number of benzene rings is 2. The van der Waals surface area contributed by atoms with E-state index in [-0.39, 0.29) is 17.8 Å². The summed E-state index contributed by atoms with van der Waals surface area (Å²) in [6, 6.07) is 13.4. The first-order valence-corrected chi connectivity index (χ1v) is 9.68. The highest BCUT2D eigenvalue weighted by atomic mass is 35.5. The minimum atomic E-state index is -0.696. The predicted octanol–water partition coefficient (Wildman–Crippen LogP) is 3.44. The number of carbonyl (C=O) groups is 1. The van der Waals surface area contributed by atoms with Crippen molar-refractivity contribution in [3.05, 3.63) is 64.9 Å². The maximum atomic E-state index is 13.3. The Morgan fingerprint density at radius 1 is 1.21 bits per heavy atom. The van der Waals surface area contributed by atoms with Crippen LogP contribution in [0.1, 0.15) is 18.5 Å². The van der Waals surface area contributed by atoms with Gasteiger partial charge in [-0.3, -0.25) is 9.69 Å². The number of amides is 1. The second-order valence-electron chi connectivity index (χ2n) is 6.65. The van der Waals surface area contributed by atoms with E-state index >= 15 is 0 Å². The number of nitrogens with zero attached hydrogens (tertiary/aromatic N) is 1. The number of hydrogen-bond donors (Lipinski definition) is 1. The van der Waals surface area contributed by atoms with Crippen LogP contribution >= 0.6 is 11.6 Å². The SMILES string of the molecule is CC(Oc1ccccc1Cl)C(=O)NCC(c1ccc(F)cc1)N1CCOCC1. The second-order valence-corrected chi connectivity index (χ2v) is 7.06. The molecule has 1 amide bonds. The molecule has 1 aliphatic rings. The lowest BCUT2D eigenvalue weighted by Crippen LogP contribution is -2.45. The highest BCUT2D eigenvalue weighted by Gasteiger charge is 2.24. The third-order valence-electron chi connectivity index (χ3n) is 4.72. The average Bonchev–Trinajstić information content (AvgIpc) is 2.71. The van der Waals surface area contributed by atoms with Gasteiger partial charge in [-0.1, -0.05) is 35.9 Å². The lowest BCUT2D eigenvalue weighted by atomic mass is 10.0. The van der Waals surface area contributed by atoms with Crippen molar-refractivity contribution < 1.29 is 18.7 Å². The standard InChI is InChI=1S/C21H24ClFN2O3/c1-15(28-20-5-3-2-4-18(20)22)21(26)24-14-19(25-10-12-27-13-11-25)16-6-8-17(23)9-7-16/h2-9,15,19H,10-14H2,1H3,(H,24,26). The number of nitrogens with one attached hydrogen (secondary N) is 1. The van der Waals surface area contributed by atoms with E-state index in [1.807, 2.05) is 0 Å². The number of halogens is 2. The van der Waals surface area contributed by atoms with E-state index in [2.05, 4.69) is 10.2 Å². The summed E-state index contributed by atoms with van der Waals surface area (Å²) in [7, 11) is 0. The Kier molecular flexibility index (Phi) is 7.25. The van der Waals surface area contributed by atoms with Crippen LogP contribution in [0.4, 0.5) is 4.39 Å². The van der Waals surface area contributed by atoms with E-state index in [1.54, 1.807) is 43.3 Å². The van der Waals surface area contributed by atoms with Crippen molar-refractivity contribution in [2.45, 2.75) is 19.1 Å². The number of hydrogen-bond acceptors (Lipinski definition) is 4. The summed E-state index contributed by atoms with van der Waals surface area (Å²) >= 11 is 6.09. The van der Waals surface area contributed by atoms with Gasteiger partial charge in [0.05, 0.1) is 24.3 Å². The Hall–Kier alpha value is -2.15. The van der Waals surface area contributed by atoms with Crippen LogP contribution < -0.4 is 10.1 Å². The van der Waals surface area contributed by atoms with Crippen molar-refractivity contribution in [2.24, 2.45) is 0 Å². The summed E-state index contributed by atoms with van der Waals surface area (Å²) in [5.41, 5.74) is 0.947. The summed E-state index contributed by atoms with van der Waals surface area (Å²) in [5.74, 6) is -0.0503. The Labute approximate surface area is 169 Å². The van der Waals surface area contributed by atoms with E-state index in [0.29, 0.717) is 30.5 Å². The molecule has 1 saturated heterocycles. The van der Waals surface area contributed by atoms with Crippen LogP contribution in [0.3, 0.4) is 0 Å². The molecule has 5 nitrogen and oxygen atoms in total. The van der Waals surface area contributed by atoms with Crippen LogP contribution in [0.5, 0.6) is 5.75 Å². The molecular weight excluding hydrogens is 383 g/mol. The van der Waals surface area contributed by atoms with E-state index in [0.717, 1.165) is 18.7 Å². The van der Waals surface area contributed by atoms with Crippen LogP contribution in [0, 0.1) is 5.82 Å². The molecule has 28 heavy (non-hydrogen) atoms. The van der Waals surface area contributed by atoms with Gasteiger partial charge in [0.15, 0.2) is 6.10 Å². The fourth-order valence-corrected chi connectivity index (χ4v) is 3.34. The largest absolute Gasteiger partial charge is 0.479 e. The lowest BCUT2D eigenvalue weighted by molar-refractivity contribution is -0.127. The minimum Gasteiger partial charge on any atom is -0.479 e. The van der Waals surface area contributed by atoms with E-state index in [1.165, 1.54) is 12.1 Å². The summed E-state index contributed by atoms with van der Waals surface area (Å²) in [6.45, 7) is 4.85. The first-order valence-electron chi connectivity index (χ1n) is 9.31. The predicted molar refractivity (Wildman–Crippen MR) is 106 cm³/mol. The highest BCUT2D eigenvalue weighted by molar-refractivity contribution is 6.32. The summed E-state index contributed by atoms with van der Waals surface area (Å²) in [6.07, 6.45) is -0.696. The zero-order valence-corrected chi connectivity index (χ0v) is 16.5. The molecule has 1 aliphatic heterocycles. The third-order valence-corrected chi connectivity index (χ3v) is 5.03. The van der Waals surface area contributed by atoms with Crippen molar-refractivity contribution in [2.75, 3.05) is 32.8 Å². The van der Waals surface area contributed by atoms with Gasteiger partial charge in [0, 0.05) is 19.6 Å². The quantitative estimate of drug-likeness (QED) is 0.765. The zero-order chi connectivity index (χ0) is 19.9. The smallest absolute Gasteiger partial charge is 0.260 e. The van der Waals surface area contributed by atoms with Crippen LogP contribution in [-0.4, -0.2) is 49.8 Å². The van der Waals surface area contributed by atoms with E-state index < -0.39 is 6.10 Å². The molecule has 0 saturated carbocycles. The molecule has 2 unspecified atom stereocenters. The molecule has 2 atom stereocenters. The van der Waals surface area contributed by atoms with Crippen molar-refractivity contribution in [1.82, 2.24) is 10.2 Å². The van der Waals surface area contributed by atoms with Crippen molar-refractivity contribution in [3.63, 3.8) is 0 Å². The molecule has 2 aromatic rings. The zero-order valence-electron chi connectivity index (χ0n) is 15.7. The molecule has 0 radical (unpaired) electrons. The fourth-order valence-electron chi connectivity index (χ4n) is 3.16. The van der Waals surface area contributed by atoms with Gasteiger partial charge in [0.1, 0.15) is 11.6 Å². The minimum absolute atomic E-state index is 0.0686. The molecule has 0 aromatic heterocycles. The lowest BCUT2D eigenvalue weighted by Gasteiger charge is -2.35. The maximum Gasteiger partial charge on any atom is 0.260 e. The van der Waals surface area contributed by atoms with Gasteiger partial charge in [0.25, 0.3) is 5.91 Å². The Balaban J connectivity index is 1.64. The molecule has 0 spiro atoms. The number of morpholine rings is 1. The molecule has 7 heteroatoms. The first kappa shape index (κ1) is 20.6. The van der Waals surface area contributed by atoms with Gasteiger partial charge in [-0.25, -0.2) is 4.39 Å². The molecule has 3 rings (SSSR count). The molecule has 1 fully saturated rings. The summed E-state index contributed by atoms with van der Waals surface area (Å²) in [4.78, 5) is 14.8. The molecular formula is C21H24ClFN2O3. The van der Waals surface area contributed by atoms with Crippen molar-refractivity contribution in [1.29, 1.82) is 0 Å². The number of para-hydroxylation sites is 1. The van der Waals surface area contributed by atoms with E-state index in [4.69, 9.17) is 21.1 Å². The van der Waals surface area contributed by atoms with Gasteiger partial charge in [-0.15, -0.1) is 0 Å². The molecule has 150 valence electrons. The Bertz CT molecular complexity index is 781.